The third-order valence-corrected chi connectivity index (χ3v) is 4.98. The molecule has 126 valence electrons. The van der Waals surface area contributed by atoms with Gasteiger partial charge in [-0.25, -0.2) is 13.6 Å². The molecular weight excluding hydrogens is 324 g/mol. The Morgan fingerprint density at radius 1 is 1.17 bits per heavy atom. The van der Waals surface area contributed by atoms with Gasteiger partial charge < -0.3 is 5.32 Å². The van der Waals surface area contributed by atoms with E-state index in [1.165, 1.54) is 5.56 Å². The van der Waals surface area contributed by atoms with Gasteiger partial charge in [-0.3, -0.25) is 4.79 Å². The normalized spacial score (nSPS) is 17.1. The van der Waals surface area contributed by atoms with Gasteiger partial charge in [0.15, 0.2) is 0 Å². The highest BCUT2D eigenvalue weighted by molar-refractivity contribution is 7.88. The lowest BCUT2D eigenvalue weighted by Gasteiger charge is -2.24. The quantitative estimate of drug-likeness (QED) is 0.893. The number of anilines is 1. The third-order valence-electron chi connectivity index (χ3n) is 4.25. The van der Waals surface area contributed by atoms with Gasteiger partial charge >= 0.3 is 0 Å². The summed E-state index contributed by atoms with van der Waals surface area (Å²) in [6.07, 6.45) is 2.81. The zero-order valence-corrected chi connectivity index (χ0v) is 14.1. The second-order valence-electron chi connectivity index (χ2n) is 6.14. The Morgan fingerprint density at radius 2 is 1.96 bits per heavy atom. The standard InChI is InChI=1S/C18H20N2O3S/c19-24(22,23)12-13-5-3-8-15(11-13)20-18(21)17-10-4-7-14-6-1-2-9-16(14)17/h1-3,5-6,8-9,11,17H,4,7,10,12H2,(H,20,21)(H2,19,22,23). The van der Waals surface area contributed by atoms with Crippen LogP contribution in [0.1, 0.15) is 35.4 Å². The molecule has 2 aromatic rings. The van der Waals surface area contributed by atoms with Crippen LogP contribution >= 0.6 is 0 Å². The number of aryl methyl sites for hydroxylation is 1. The summed E-state index contributed by atoms with van der Waals surface area (Å²) in [5.41, 5.74) is 3.46. The topological polar surface area (TPSA) is 89.3 Å². The Balaban J connectivity index is 1.78. The number of hydrogen-bond acceptors (Lipinski definition) is 3. The maximum Gasteiger partial charge on any atom is 0.231 e. The lowest BCUT2D eigenvalue weighted by molar-refractivity contribution is -0.117. The number of fused-ring (bicyclic) bond motifs is 1. The number of sulfonamides is 1. The number of benzene rings is 2. The Morgan fingerprint density at radius 3 is 2.75 bits per heavy atom. The molecule has 1 aliphatic carbocycles. The van der Waals surface area contributed by atoms with E-state index in [1.54, 1.807) is 24.3 Å². The zero-order valence-electron chi connectivity index (χ0n) is 13.2. The Labute approximate surface area is 141 Å². The fourth-order valence-electron chi connectivity index (χ4n) is 3.23. The first-order valence-corrected chi connectivity index (χ1v) is 9.62. The van der Waals surface area contributed by atoms with Crippen molar-refractivity contribution in [2.75, 3.05) is 5.32 Å². The SMILES string of the molecule is NS(=O)(=O)Cc1cccc(NC(=O)C2CCCc3ccccc32)c1. The second-order valence-corrected chi connectivity index (χ2v) is 7.75. The summed E-state index contributed by atoms with van der Waals surface area (Å²) in [4.78, 5) is 12.7. The predicted octanol–water partition coefficient (Wildman–Crippen LogP) is 2.53. The van der Waals surface area contributed by atoms with Crippen molar-refractivity contribution in [1.29, 1.82) is 0 Å². The summed E-state index contributed by atoms with van der Waals surface area (Å²) in [7, 11) is -3.60. The number of carbonyl (C=O) groups is 1. The average Bonchev–Trinajstić information content (AvgIpc) is 2.53. The summed E-state index contributed by atoms with van der Waals surface area (Å²) in [6, 6.07) is 14.8. The van der Waals surface area contributed by atoms with Crippen molar-refractivity contribution in [2.45, 2.75) is 30.9 Å². The van der Waals surface area contributed by atoms with Crippen LogP contribution in [0.3, 0.4) is 0 Å². The largest absolute Gasteiger partial charge is 0.326 e. The van der Waals surface area contributed by atoms with Gasteiger partial charge in [0.05, 0.1) is 11.7 Å². The van der Waals surface area contributed by atoms with E-state index in [0.717, 1.165) is 24.8 Å². The Kier molecular flexibility index (Phi) is 4.69. The van der Waals surface area contributed by atoms with E-state index in [4.69, 9.17) is 5.14 Å². The van der Waals surface area contributed by atoms with Crippen LogP contribution in [0, 0.1) is 0 Å². The maximum absolute atomic E-state index is 12.7. The number of rotatable bonds is 4. The van der Waals surface area contributed by atoms with Crippen LogP contribution in [0.4, 0.5) is 5.69 Å². The van der Waals surface area contributed by atoms with Crippen molar-refractivity contribution >= 4 is 21.6 Å². The first-order valence-electron chi connectivity index (χ1n) is 7.90. The summed E-state index contributed by atoms with van der Waals surface area (Å²) in [5, 5.41) is 7.98. The first-order chi connectivity index (χ1) is 11.4. The number of amides is 1. The van der Waals surface area contributed by atoms with Gasteiger partial charge in [-0.2, -0.15) is 0 Å². The Bertz CT molecular complexity index is 862. The summed E-state index contributed by atoms with van der Waals surface area (Å²) in [5.74, 6) is -0.477. The van der Waals surface area contributed by atoms with E-state index in [1.807, 2.05) is 18.2 Å². The Hall–Kier alpha value is -2.18. The summed E-state index contributed by atoms with van der Waals surface area (Å²) >= 11 is 0. The molecule has 1 amide bonds. The van der Waals surface area contributed by atoms with Crippen LogP contribution in [0.15, 0.2) is 48.5 Å². The molecule has 0 saturated carbocycles. The van der Waals surface area contributed by atoms with Crippen molar-refractivity contribution in [3.63, 3.8) is 0 Å². The van der Waals surface area contributed by atoms with Crippen molar-refractivity contribution in [2.24, 2.45) is 5.14 Å². The number of hydrogen-bond donors (Lipinski definition) is 2. The molecule has 1 aliphatic rings. The van der Waals surface area contributed by atoms with E-state index in [-0.39, 0.29) is 17.6 Å². The lowest BCUT2D eigenvalue weighted by Crippen LogP contribution is -2.24. The molecular formula is C18H20N2O3S. The summed E-state index contributed by atoms with van der Waals surface area (Å²) in [6.45, 7) is 0. The van der Waals surface area contributed by atoms with E-state index in [9.17, 15) is 13.2 Å². The number of primary sulfonamides is 1. The average molecular weight is 344 g/mol. The zero-order chi connectivity index (χ0) is 17.2. The minimum Gasteiger partial charge on any atom is -0.326 e. The molecule has 5 nitrogen and oxygen atoms in total. The van der Waals surface area contributed by atoms with Gasteiger partial charge in [-0.1, -0.05) is 36.4 Å². The highest BCUT2D eigenvalue weighted by Gasteiger charge is 2.26. The van der Waals surface area contributed by atoms with Crippen LogP contribution in [0.2, 0.25) is 0 Å². The van der Waals surface area contributed by atoms with Gasteiger partial charge in [0.1, 0.15) is 0 Å². The van der Waals surface area contributed by atoms with Gasteiger partial charge in [0, 0.05) is 5.69 Å². The molecule has 0 saturated heterocycles. The van der Waals surface area contributed by atoms with Crippen molar-refractivity contribution in [3.05, 3.63) is 65.2 Å². The third kappa shape index (κ3) is 4.01. The number of carbonyl (C=O) groups excluding carboxylic acids is 1. The van der Waals surface area contributed by atoms with Crippen molar-refractivity contribution in [3.8, 4) is 0 Å². The lowest BCUT2D eigenvalue weighted by atomic mass is 9.82. The molecule has 1 unspecified atom stereocenters. The molecule has 24 heavy (non-hydrogen) atoms. The molecule has 0 aliphatic heterocycles. The molecule has 2 aromatic carbocycles. The van der Waals surface area contributed by atoms with Gasteiger partial charge in [0.25, 0.3) is 0 Å². The molecule has 6 heteroatoms. The van der Waals surface area contributed by atoms with Gasteiger partial charge in [-0.05, 0) is 48.1 Å². The fourth-order valence-corrected chi connectivity index (χ4v) is 3.87. The van der Waals surface area contributed by atoms with E-state index in [2.05, 4.69) is 11.4 Å². The van der Waals surface area contributed by atoms with Crippen LogP contribution in [-0.4, -0.2) is 14.3 Å². The fraction of sp³-hybridized carbons (Fsp3) is 0.278. The molecule has 0 spiro atoms. The van der Waals surface area contributed by atoms with Crippen LogP contribution in [-0.2, 0) is 27.0 Å². The monoisotopic (exact) mass is 344 g/mol. The van der Waals surface area contributed by atoms with Crippen LogP contribution in [0.5, 0.6) is 0 Å². The molecule has 0 radical (unpaired) electrons. The van der Waals surface area contributed by atoms with E-state index < -0.39 is 10.0 Å². The minimum atomic E-state index is -3.60. The number of nitrogens with one attached hydrogen (secondary N) is 1. The molecule has 0 fully saturated rings. The van der Waals surface area contributed by atoms with Crippen molar-refractivity contribution < 1.29 is 13.2 Å². The van der Waals surface area contributed by atoms with Crippen LogP contribution < -0.4 is 10.5 Å². The number of nitrogens with two attached hydrogens (primary N) is 1. The molecule has 3 rings (SSSR count). The minimum absolute atomic E-state index is 0.0603. The van der Waals surface area contributed by atoms with Gasteiger partial charge in [0.2, 0.25) is 15.9 Å². The molecule has 1 atom stereocenters. The van der Waals surface area contributed by atoms with E-state index in [0.29, 0.717) is 11.3 Å². The molecule has 0 heterocycles. The van der Waals surface area contributed by atoms with Gasteiger partial charge in [-0.15, -0.1) is 0 Å². The highest BCUT2D eigenvalue weighted by atomic mass is 32.2. The highest BCUT2D eigenvalue weighted by Crippen LogP contribution is 2.32. The smallest absolute Gasteiger partial charge is 0.231 e. The predicted molar refractivity (Wildman–Crippen MR) is 94.0 cm³/mol. The molecule has 0 aromatic heterocycles. The first kappa shape index (κ1) is 16.7. The summed E-state index contributed by atoms with van der Waals surface area (Å²) < 4.78 is 22.4. The van der Waals surface area contributed by atoms with Crippen molar-refractivity contribution in [1.82, 2.24) is 0 Å². The maximum atomic E-state index is 12.7. The molecule has 3 N–H and O–H groups in total. The van der Waals surface area contributed by atoms with E-state index >= 15 is 0 Å². The van der Waals surface area contributed by atoms with Crippen LogP contribution in [0.25, 0.3) is 0 Å². The second kappa shape index (κ2) is 6.75. The molecule has 0 bridgehead atoms.